The predicted molar refractivity (Wildman–Crippen MR) is 209 cm³/mol. The summed E-state index contributed by atoms with van der Waals surface area (Å²) in [4.78, 5) is 55.7. The Balaban J connectivity index is 2.25. The Bertz CT molecular complexity index is 1640. The van der Waals surface area contributed by atoms with E-state index in [1.165, 1.54) is 7.11 Å². The third kappa shape index (κ3) is 12.5. The van der Waals surface area contributed by atoms with Gasteiger partial charge in [-0.2, -0.15) is 0 Å². The molecule has 12 heteroatoms. The molecule has 0 bridgehead atoms. The summed E-state index contributed by atoms with van der Waals surface area (Å²) in [6.45, 7) is 15.8. The summed E-state index contributed by atoms with van der Waals surface area (Å²) < 4.78 is 18.3. The zero-order valence-corrected chi connectivity index (χ0v) is 33.5. The molecule has 4 N–H and O–H groups in total. The van der Waals surface area contributed by atoms with Gasteiger partial charge in [-0.25, -0.2) is 9.59 Å². The average molecular weight is 748 g/mol. The van der Waals surface area contributed by atoms with E-state index in [1.807, 2.05) is 60.7 Å². The number of carbonyl (C=O) groups is 4. The number of hydrogen-bond acceptors (Lipinski definition) is 8. The van der Waals surface area contributed by atoms with Crippen LogP contribution in [0.5, 0.6) is 0 Å². The maximum atomic E-state index is 15.0. The van der Waals surface area contributed by atoms with E-state index < -0.39 is 68.0 Å². The van der Waals surface area contributed by atoms with Gasteiger partial charge in [0.05, 0.1) is 12.1 Å². The van der Waals surface area contributed by atoms with Gasteiger partial charge in [-0.1, -0.05) is 99.6 Å². The van der Waals surface area contributed by atoms with Crippen LogP contribution in [-0.4, -0.2) is 74.3 Å². The number of carbonyl (C=O) groups excluding carboxylic acids is 3. The Kier molecular flexibility index (Phi) is 15.0. The molecule has 2 unspecified atom stereocenters. The standard InChI is InChI=1S/C41H57N3O8Si/c1-40(2,3)51-39(49)43-32(26-29-21-15-11-16-22-29)33(52-53(8,9)41(4,5)6)27-30(25-28-19-13-10-14-20-28)35(45)34(38(47)48)44(37(50-7)36(42)46)31-23-17-12-18-24-31/h10-24,30,32-34,37H,25-27H2,1-9H3,(H2,42,46)(H,43,49)(H,47,48)/t30?,32-,33-,34?,37+/m0/s1. The third-order valence-electron chi connectivity index (χ3n) is 9.50. The van der Waals surface area contributed by atoms with Gasteiger partial charge in [0, 0.05) is 18.7 Å². The van der Waals surface area contributed by atoms with Gasteiger partial charge in [-0.05, 0) is 81.4 Å². The first-order valence-electron chi connectivity index (χ1n) is 17.9. The lowest BCUT2D eigenvalue weighted by molar-refractivity contribution is -0.145. The number of nitrogens with two attached hydrogens (primary N) is 1. The van der Waals surface area contributed by atoms with Crippen molar-refractivity contribution in [2.45, 2.75) is 109 Å². The molecule has 0 heterocycles. The second-order valence-electron chi connectivity index (χ2n) is 15.9. The fourth-order valence-corrected chi connectivity index (χ4v) is 7.29. The van der Waals surface area contributed by atoms with E-state index in [0.29, 0.717) is 6.42 Å². The number of methoxy groups -OCH3 is 1. The van der Waals surface area contributed by atoms with Crippen molar-refractivity contribution >= 4 is 37.8 Å². The Morgan fingerprint density at radius 1 is 0.811 bits per heavy atom. The van der Waals surface area contributed by atoms with Crippen LogP contribution in [0.25, 0.3) is 0 Å². The number of hydrogen-bond donors (Lipinski definition) is 3. The van der Waals surface area contributed by atoms with Gasteiger partial charge in [0.25, 0.3) is 5.91 Å². The van der Waals surface area contributed by atoms with Crippen molar-refractivity contribution in [3.63, 3.8) is 0 Å². The molecule has 0 aliphatic carbocycles. The zero-order valence-electron chi connectivity index (χ0n) is 32.5. The maximum absolute atomic E-state index is 15.0. The smallest absolute Gasteiger partial charge is 0.407 e. The summed E-state index contributed by atoms with van der Waals surface area (Å²) in [5.41, 5.74) is 6.94. The molecular weight excluding hydrogens is 691 g/mol. The fourth-order valence-electron chi connectivity index (χ4n) is 5.92. The number of aliphatic carboxylic acids is 1. The Hall–Kier alpha value is -4.52. The van der Waals surface area contributed by atoms with E-state index in [4.69, 9.17) is 19.6 Å². The van der Waals surface area contributed by atoms with Crippen LogP contribution in [-0.2, 0) is 41.1 Å². The molecule has 53 heavy (non-hydrogen) atoms. The molecule has 0 saturated heterocycles. The van der Waals surface area contributed by atoms with Crippen LogP contribution < -0.4 is 16.0 Å². The number of Topliss-reactive ketones (excluding diaryl/α,β-unsaturated/α-hetero) is 1. The van der Waals surface area contributed by atoms with E-state index in [2.05, 4.69) is 39.2 Å². The lowest BCUT2D eigenvalue weighted by Crippen LogP contribution is -2.59. The van der Waals surface area contributed by atoms with Gasteiger partial charge in [0.1, 0.15) is 5.60 Å². The van der Waals surface area contributed by atoms with E-state index in [-0.39, 0.29) is 23.6 Å². The topological polar surface area (TPSA) is 157 Å². The lowest BCUT2D eigenvalue weighted by atomic mass is 9.83. The van der Waals surface area contributed by atoms with Gasteiger partial charge in [0.15, 0.2) is 20.1 Å². The minimum absolute atomic E-state index is 0.0359. The molecular formula is C41H57N3O8Si. The number of alkyl carbamates (subject to hydrolysis) is 1. The van der Waals surface area contributed by atoms with Gasteiger partial charge in [-0.3, -0.25) is 9.59 Å². The molecule has 0 fully saturated rings. The number of benzene rings is 3. The van der Waals surface area contributed by atoms with Crippen LogP contribution in [0.2, 0.25) is 18.1 Å². The van der Waals surface area contributed by atoms with Crippen molar-refractivity contribution in [2.24, 2.45) is 11.7 Å². The largest absolute Gasteiger partial charge is 0.479 e. The number of rotatable bonds is 18. The first kappa shape index (κ1) is 42.9. The summed E-state index contributed by atoms with van der Waals surface area (Å²) in [6.07, 6.45) is -2.45. The summed E-state index contributed by atoms with van der Waals surface area (Å²) in [5.74, 6) is -4.08. The number of anilines is 1. The summed E-state index contributed by atoms with van der Waals surface area (Å²) >= 11 is 0. The summed E-state index contributed by atoms with van der Waals surface area (Å²) in [6, 6.07) is 24.6. The highest BCUT2D eigenvalue weighted by atomic mass is 28.4. The van der Waals surface area contributed by atoms with E-state index >= 15 is 4.79 Å². The molecule has 3 rings (SSSR count). The molecule has 0 radical (unpaired) electrons. The van der Waals surface area contributed by atoms with Crippen LogP contribution in [0.15, 0.2) is 91.0 Å². The number of nitrogens with one attached hydrogen (secondary N) is 1. The van der Waals surface area contributed by atoms with Crippen LogP contribution in [0.3, 0.4) is 0 Å². The Morgan fingerprint density at radius 2 is 1.30 bits per heavy atom. The van der Waals surface area contributed by atoms with Crippen molar-refractivity contribution in [3.8, 4) is 0 Å². The molecule has 11 nitrogen and oxygen atoms in total. The number of primary amides is 1. The summed E-state index contributed by atoms with van der Waals surface area (Å²) in [5, 5.41) is 13.6. The van der Waals surface area contributed by atoms with Crippen molar-refractivity contribution in [1.29, 1.82) is 0 Å². The third-order valence-corrected chi connectivity index (χ3v) is 14.0. The SMILES string of the molecule is CO[C@H](C(N)=O)N(c1ccccc1)C(C(=O)O)C(=O)C(Cc1ccccc1)C[C@H](O[Si](C)(C)C(C)(C)C)[C@H](Cc1ccccc1)NC(=O)OC(C)(C)C. The van der Waals surface area contributed by atoms with Gasteiger partial charge < -0.3 is 35.0 Å². The van der Waals surface area contributed by atoms with Gasteiger partial charge >= 0.3 is 12.1 Å². The minimum Gasteiger partial charge on any atom is -0.479 e. The molecule has 0 aromatic heterocycles. The zero-order chi connectivity index (χ0) is 39.6. The molecule has 0 aliphatic rings. The molecule has 3 aromatic rings. The van der Waals surface area contributed by atoms with Crippen LogP contribution in [0.4, 0.5) is 10.5 Å². The molecule has 0 saturated carbocycles. The average Bonchev–Trinajstić information content (AvgIpc) is 3.06. The highest BCUT2D eigenvalue weighted by molar-refractivity contribution is 6.74. The lowest BCUT2D eigenvalue weighted by Gasteiger charge is -2.43. The maximum Gasteiger partial charge on any atom is 0.407 e. The van der Waals surface area contributed by atoms with E-state index in [1.54, 1.807) is 51.1 Å². The quantitative estimate of drug-likeness (QED) is 0.0728. The fraction of sp³-hybridized carbons (Fsp3) is 0.463. The van der Waals surface area contributed by atoms with Crippen LogP contribution in [0, 0.1) is 5.92 Å². The van der Waals surface area contributed by atoms with Crippen molar-refractivity contribution in [2.75, 3.05) is 12.0 Å². The molecule has 5 atom stereocenters. The van der Waals surface area contributed by atoms with Crippen molar-refractivity contribution < 1.29 is 38.2 Å². The number of carboxylic acid groups (broad SMARTS) is 1. The minimum atomic E-state index is -2.61. The molecule has 2 amide bonds. The Labute approximate surface area is 315 Å². The number of ether oxygens (including phenoxy) is 2. The second kappa shape index (κ2) is 18.5. The van der Waals surface area contributed by atoms with Crippen molar-refractivity contribution in [3.05, 3.63) is 102 Å². The Morgan fingerprint density at radius 3 is 1.74 bits per heavy atom. The summed E-state index contributed by atoms with van der Waals surface area (Å²) in [7, 11) is -1.38. The number of ketones is 1. The highest BCUT2D eigenvalue weighted by Gasteiger charge is 2.46. The first-order chi connectivity index (χ1) is 24.7. The normalized spacial score (nSPS) is 15.0. The number of carboxylic acids is 1. The number of para-hydroxylation sites is 1. The van der Waals surface area contributed by atoms with Crippen molar-refractivity contribution in [1.82, 2.24) is 5.32 Å². The monoisotopic (exact) mass is 747 g/mol. The van der Waals surface area contributed by atoms with Crippen LogP contribution in [0.1, 0.15) is 59.1 Å². The highest BCUT2D eigenvalue weighted by Crippen LogP contribution is 2.39. The molecule has 0 spiro atoms. The number of nitrogens with zero attached hydrogens (tertiary/aromatic N) is 1. The van der Waals surface area contributed by atoms with E-state index in [0.717, 1.165) is 16.0 Å². The second-order valence-corrected chi connectivity index (χ2v) is 20.6. The first-order valence-corrected chi connectivity index (χ1v) is 20.8. The van der Waals surface area contributed by atoms with Gasteiger partial charge in [-0.15, -0.1) is 0 Å². The molecule has 288 valence electrons. The number of amides is 2. The van der Waals surface area contributed by atoms with Crippen LogP contribution >= 0.6 is 0 Å². The molecule has 0 aliphatic heterocycles. The van der Waals surface area contributed by atoms with Gasteiger partial charge in [0.2, 0.25) is 6.23 Å². The van der Waals surface area contributed by atoms with E-state index in [9.17, 15) is 19.5 Å². The predicted octanol–water partition coefficient (Wildman–Crippen LogP) is 6.75. The molecule has 3 aromatic carbocycles.